The monoisotopic (exact) mass is 568 g/mol. The van der Waals surface area contributed by atoms with Gasteiger partial charge >= 0.3 is 12.1 Å². The van der Waals surface area contributed by atoms with Gasteiger partial charge in [-0.2, -0.15) is 23.4 Å². The lowest BCUT2D eigenvalue weighted by molar-refractivity contribution is -0.139. The topological polar surface area (TPSA) is 98.6 Å². The van der Waals surface area contributed by atoms with Gasteiger partial charge < -0.3 is 14.6 Å². The summed E-state index contributed by atoms with van der Waals surface area (Å²) in [5.41, 5.74) is 1.41. The minimum atomic E-state index is -4.42. The van der Waals surface area contributed by atoms with E-state index in [9.17, 15) is 27.9 Å². The Balaban J connectivity index is 1.23. The van der Waals surface area contributed by atoms with Gasteiger partial charge in [0.15, 0.2) is 5.78 Å². The molecule has 1 N–H and O–H groups in total. The molecule has 0 bridgehead atoms. The maximum atomic E-state index is 12.8. The standard InChI is InChI=1S/C29H20ClF3N2O5/c30-23-14-22-21(28(37)38)11-12-39-26(22)15-27(23)40-20-8-3-17(4-9-20)25(36)13-19-7-10-24(35-34-19)16-1-5-18(6-2-16)29(31,32)33/h1-10,14-15,21H,11-13H2,(H,37,38). The fraction of sp³-hybridized carbons (Fsp3) is 0.172. The molecule has 0 fully saturated rings. The number of ketones is 1. The van der Waals surface area contributed by atoms with Crippen LogP contribution in [0, 0.1) is 0 Å². The van der Waals surface area contributed by atoms with E-state index < -0.39 is 23.6 Å². The van der Waals surface area contributed by atoms with E-state index in [4.69, 9.17) is 21.1 Å². The molecule has 1 unspecified atom stereocenters. The van der Waals surface area contributed by atoms with Crippen molar-refractivity contribution in [3.63, 3.8) is 0 Å². The van der Waals surface area contributed by atoms with Crippen LogP contribution in [0.3, 0.4) is 0 Å². The molecule has 40 heavy (non-hydrogen) atoms. The maximum absolute atomic E-state index is 12.8. The molecule has 2 heterocycles. The Morgan fingerprint density at radius 2 is 1.73 bits per heavy atom. The molecular weight excluding hydrogens is 549 g/mol. The number of ether oxygens (including phenoxy) is 2. The number of fused-ring (bicyclic) bond motifs is 1. The molecule has 0 saturated carbocycles. The van der Waals surface area contributed by atoms with Crippen molar-refractivity contribution >= 4 is 23.4 Å². The molecule has 0 saturated heterocycles. The lowest BCUT2D eigenvalue weighted by Crippen LogP contribution is -2.20. The molecule has 1 aromatic heterocycles. The molecule has 204 valence electrons. The largest absolute Gasteiger partial charge is 0.493 e. The minimum Gasteiger partial charge on any atom is -0.493 e. The lowest BCUT2D eigenvalue weighted by atomic mass is 9.93. The highest BCUT2D eigenvalue weighted by atomic mass is 35.5. The van der Waals surface area contributed by atoms with Crippen molar-refractivity contribution in [2.75, 3.05) is 6.61 Å². The Hall–Kier alpha value is -4.44. The van der Waals surface area contributed by atoms with Gasteiger partial charge in [-0.25, -0.2) is 0 Å². The molecule has 0 amide bonds. The van der Waals surface area contributed by atoms with Crippen LogP contribution in [0.1, 0.15) is 39.5 Å². The number of halogens is 4. The predicted octanol–water partition coefficient (Wildman–Crippen LogP) is 6.98. The van der Waals surface area contributed by atoms with Gasteiger partial charge in [-0.05, 0) is 61.0 Å². The first-order chi connectivity index (χ1) is 19.1. The number of carboxylic acids is 1. The molecule has 1 aliphatic rings. The number of hydrogen-bond acceptors (Lipinski definition) is 6. The average molecular weight is 569 g/mol. The SMILES string of the molecule is O=C(Cc1ccc(-c2ccc(C(F)(F)F)cc2)nn1)c1ccc(Oc2cc3c(cc2Cl)C(C(=O)O)CCO3)cc1. The molecule has 4 aromatic rings. The predicted molar refractivity (Wildman–Crippen MR) is 139 cm³/mol. The van der Waals surface area contributed by atoms with Crippen molar-refractivity contribution < 1.29 is 37.3 Å². The van der Waals surface area contributed by atoms with Crippen LogP contribution >= 0.6 is 11.6 Å². The normalized spacial score (nSPS) is 14.7. The summed E-state index contributed by atoms with van der Waals surface area (Å²) in [6, 6.07) is 17.3. The summed E-state index contributed by atoms with van der Waals surface area (Å²) in [7, 11) is 0. The second-order valence-electron chi connectivity index (χ2n) is 9.06. The van der Waals surface area contributed by atoms with E-state index in [0.29, 0.717) is 46.0 Å². The molecule has 3 aromatic carbocycles. The van der Waals surface area contributed by atoms with Gasteiger partial charge in [0, 0.05) is 22.8 Å². The van der Waals surface area contributed by atoms with E-state index in [1.54, 1.807) is 42.5 Å². The van der Waals surface area contributed by atoms with Gasteiger partial charge in [-0.15, -0.1) is 0 Å². The van der Waals surface area contributed by atoms with Crippen LogP contribution < -0.4 is 9.47 Å². The van der Waals surface area contributed by atoms with Gasteiger partial charge in [0.2, 0.25) is 0 Å². The number of nitrogens with zero attached hydrogens (tertiary/aromatic N) is 2. The number of benzene rings is 3. The zero-order valence-corrected chi connectivity index (χ0v) is 21.4. The molecule has 7 nitrogen and oxygen atoms in total. The summed E-state index contributed by atoms with van der Waals surface area (Å²) in [6.07, 6.45) is -4.10. The molecule has 1 atom stereocenters. The molecule has 11 heteroatoms. The Morgan fingerprint density at radius 1 is 1.00 bits per heavy atom. The van der Waals surface area contributed by atoms with E-state index >= 15 is 0 Å². The van der Waals surface area contributed by atoms with Crippen LogP contribution in [0.4, 0.5) is 13.2 Å². The highest BCUT2D eigenvalue weighted by molar-refractivity contribution is 6.32. The van der Waals surface area contributed by atoms with E-state index in [0.717, 1.165) is 12.1 Å². The van der Waals surface area contributed by atoms with Crippen LogP contribution in [0.2, 0.25) is 5.02 Å². The van der Waals surface area contributed by atoms with Crippen molar-refractivity contribution in [3.05, 3.63) is 100 Å². The van der Waals surface area contributed by atoms with Crippen molar-refractivity contribution in [2.24, 2.45) is 0 Å². The maximum Gasteiger partial charge on any atom is 0.416 e. The second-order valence-corrected chi connectivity index (χ2v) is 9.47. The van der Waals surface area contributed by atoms with Gasteiger partial charge in [0.05, 0.1) is 40.9 Å². The highest BCUT2D eigenvalue weighted by Gasteiger charge is 2.30. The lowest BCUT2D eigenvalue weighted by Gasteiger charge is -2.24. The molecule has 5 rings (SSSR count). The first-order valence-corrected chi connectivity index (χ1v) is 12.5. The number of carboxylic acid groups (broad SMARTS) is 1. The average Bonchev–Trinajstić information content (AvgIpc) is 2.93. The number of alkyl halides is 3. The van der Waals surface area contributed by atoms with E-state index in [-0.39, 0.29) is 29.6 Å². The van der Waals surface area contributed by atoms with Gasteiger partial charge in [-0.3, -0.25) is 9.59 Å². The summed E-state index contributed by atoms with van der Waals surface area (Å²) in [4.78, 5) is 24.3. The Bertz CT molecular complexity index is 1560. The van der Waals surface area contributed by atoms with Crippen LogP contribution in [0.15, 0.2) is 72.8 Å². The second kappa shape index (κ2) is 11.0. The van der Waals surface area contributed by atoms with E-state index in [1.807, 2.05) is 0 Å². The fourth-order valence-electron chi connectivity index (χ4n) is 4.26. The highest BCUT2D eigenvalue weighted by Crippen LogP contribution is 2.42. The Labute approximate surface area is 231 Å². The Morgan fingerprint density at radius 3 is 2.35 bits per heavy atom. The molecule has 0 spiro atoms. The van der Waals surface area contributed by atoms with Crippen molar-refractivity contribution in [1.82, 2.24) is 10.2 Å². The van der Waals surface area contributed by atoms with E-state index in [2.05, 4.69) is 10.2 Å². The Kier molecular flexibility index (Phi) is 7.44. The number of rotatable bonds is 7. The summed E-state index contributed by atoms with van der Waals surface area (Å²) < 4.78 is 49.8. The zero-order valence-electron chi connectivity index (χ0n) is 20.6. The van der Waals surface area contributed by atoms with Crippen LogP contribution in [-0.4, -0.2) is 33.7 Å². The third kappa shape index (κ3) is 5.91. The van der Waals surface area contributed by atoms with Crippen LogP contribution in [-0.2, 0) is 17.4 Å². The summed E-state index contributed by atoms with van der Waals surface area (Å²) in [6.45, 7) is 0.268. The first kappa shape index (κ1) is 27.1. The quantitative estimate of drug-likeness (QED) is 0.240. The summed E-state index contributed by atoms with van der Waals surface area (Å²) >= 11 is 6.34. The number of aliphatic carboxylic acids is 1. The summed E-state index contributed by atoms with van der Waals surface area (Å²) in [5.74, 6) is -0.779. The minimum absolute atomic E-state index is 0.0285. The number of aromatic nitrogens is 2. The smallest absolute Gasteiger partial charge is 0.416 e. The van der Waals surface area contributed by atoms with Crippen molar-refractivity contribution in [1.29, 1.82) is 0 Å². The van der Waals surface area contributed by atoms with E-state index in [1.165, 1.54) is 18.2 Å². The first-order valence-electron chi connectivity index (χ1n) is 12.1. The molecule has 0 radical (unpaired) electrons. The van der Waals surface area contributed by atoms with Gasteiger partial charge in [0.25, 0.3) is 0 Å². The number of hydrogen-bond donors (Lipinski definition) is 1. The van der Waals surface area contributed by atoms with Crippen LogP contribution in [0.25, 0.3) is 11.3 Å². The van der Waals surface area contributed by atoms with Gasteiger partial charge in [-0.1, -0.05) is 23.7 Å². The third-order valence-corrected chi connectivity index (χ3v) is 6.67. The molecule has 0 aliphatic carbocycles. The molecular formula is C29H20ClF3N2O5. The number of carbonyl (C=O) groups is 2. The van der Waals surface area contributed by atoms with Crippen molar-refractivity contribution in [2.45, 2.75) is 24.9 Å². The number of Topliss-reactive ketones (excluding diaryl/α,β-unsaturated/α-hetero) is 1. The zero-order chi connectivity index (χ0) is 28.4. The third-order valence-electron chi connectivity index (χ3n) is 6.38. The molecule has 1 aliphatic heterocycles. The summed E-state index contributed by atoms with van der Waals surface area (Å²) in [5, 5.41) is 17.8. The number of carbonyl (C=O) groups excluding carboxylic acids is 1. The fourth-order valence-corrected chi connectivity index (χ4v) is 4.48. The van der Waals surface area contributed by atoms with Crippen LogP contribution in [0.5, 0.6) is 17.2 Å². The van der Waals surface area contributed by atoms with Gasteiger partial charge in [0.1, 0.15) is 17.2 Å². The van der Waals surface area contributed by atoms with Crippen molar-refractivity contribution in [3.8, 4) is 28.5 Å².